The van der Waals surface area contributed by atoms with Crippen LogP contribution < -0.4 is 0 Å². The van der Waals surface area contributed by atoms with Gasteiger partial charge in [-0.05, 0) is 13.8 Å². The van der Waals surface area contributed by atoms with Crippen molar-refractivity contribution in [1.29, 1.82) is 0 Å². The quantitative estimate of drug-likeness (QED) is 0.747. The fourth-order valence-electron chi connectivity index (χ4n) is 2.99. The van der Waals surface area contributed by atoms with E-state index in [1.165, 1.54) is 0 Å². The second kappa shape index (κ2) is 6.54. The summed E-state index contributed by atoms with van der Waals surface area (Å²) in [7, 11) is 0. The van der Waals surface area contributed by atoms with Crippen molar-refractivity contribution in [3.05, 3.63) is 0 Å². The molecule has 2 fully saturated rings. The smallest absolute Gasteiger partial charge is 0.228 e. The average Bonchev–Trinajstić information content (AvgIpc) is 2.81. The zero-order chi connectivity index (χ0) is 14.7. The minimum atomic E-state index is -0.172. The summed E-state index contributed by atoms with van der Waals surface area (Å²) >= 11 is 0. The van der Waals surface area contributed by atoms with Gasteiger partial charge in [0.15, 0.2) is 0 Å². The van der Waals surface area contributed by atoms with Crippen molar-refractivity contribution in [2.75, 3.05) is 45.9 Å². The minimum absolute atomic E-state index is 0.0947. The molecule has 1 atom stereocenters. The first-order chi connectivity index (χ1) is 9.52. The van der Waals surface area contributed by atoms with Crippen molar-refractivity contribution in [2.24, 2.45) is 5.92 Å². The molecule has 114 valence electrons. The molecule has 2 aliphatic heterocycles. The second-order valence-electron chi connectivity index (χ2n) is 5.93. The summed E-state index contributed by atoms with van der Waals surface area (Å²) < 4.78 is 0. The van der Waals surface area contributed by atoms with Crippen LogP contribution >= 0.6 is 0 Å². The van der Waals surface area contributed by atoms with E-state index in [0.29, 0.717) is 32.6 Å². The Morgan fingerprint density at radius 3 is 2.45 bits per heavy atom. The molecule has 0 aliphatic carbocycles. The molecule has 0 saturated carbocycles. The Morgan fingerprint density at radius 2 is 1.95 bits per heavy atom. The van der Waals surface area contributed by atoms with E-state index in [1.54, 1.807) is 4.90 Å². The van der Waals surface area contributed by atoms with E-state index in [0.717, 1.165) is 13.1 Å². The number of rotatable bonds is 4. The zero-order valence-electron chi connectivity index (χ0n) is 12.4. The number of nitrogens with zero attached hydrogens (tertiary/aromatic N) is 3. The normalized spacial score (nSPS) is 24.8. The predicted octanol–water partition coefficient (Wildman–Crippen LogP) is -0.620. The Kier molecular flexibility index (Phi) is 4.99. The number of likely N-dealkylation sites (tertiary alicyclic amines) is 1. The maximum absolute atomic E-state index is 12.5. The zero-order valence-corrected chi connectivity index (χ0v) is 12.4. The van der Waals surface area contributed by atoms with E-state index in [2.05, 4.69) is 4.90 Å². The molecule has 0 spiro atoms. The lowest BCUT2D eigenvalue weighted by molar-refractivity contribution is -0.137. The van der Waals surface area contributed by atoms with Crippen LogP contribution in [0, 0.1) is 5.92 Å². The highest BCUT2D eigenvalue weighted by Gasteiger charge is 2.37. The van der Waals surface area contributed by atoms with E-state index in [1.807, 2.05) is 18.7 Å². The van der Waals surface area contributed by atoms with Crippen LogP contribution in [0.2, 0.25) is 0 Å². The summed E-state index contributed by atoms with van der Waals surface area (Å²) in [6.07, 6.45) is 0.355. The molecular formula is C14H25N3O3. The van der Waals surface area contributed by atoms with Gasteiger partial charge in [-0.25, -0.2) is 0 Å². The first-order valence-corrected chi connectivity index (χ1v) is 7.44. The number of hydrogen-bond acceptors (Lipinski definition) is 4. The number of β-amino-alcohol motifs (C(OH)–C–C–N with tert-alkyl or cyclic N) is 1. The minimum Gasteiger partial charge on any atom is -0.395 e. The number of aliphatic hydroxyl groups is 1. The molecule has 20 heavy (non-hydrogen) atoms. The SMILES string of the molecule is CC(C)N1CC(C(=O)N2CCN(CCO)CC2)CC1=O. The molecule has 0 aromatic carbocycles. The number of amides is 2. The summed E-state index contributed by atoms with van der Waals surface area (Å²) in [5.74, 6) is 0.0386. The van der Waals surface area contributed by atoms with Crippen molar-refractivity contribution in [3.8, 4) is 0 Å². The van der Waals surface area contributed by atoms with Crippen LogP contribution in [-0.2, 0) is 9.59 Å². The third-order valence-corrected chi connectivity index (χ3v) is 4.23. The van der Waals surface area contributed by atoms with E-state index in [-0.39, 0.29) is 30.4 Å². The van der Waals surface area contributed by atoms with Gasteiger partial charge in [0, 0.05) is 51.7 Å². The lowest BCUT2D eigenvalue weighted by atomic mass is 10.1. The van der Waals surface area contributed by atoms with Gasteiger partial charge in [0.25, 0.3) is 0 Å². The average molecular weight is 283 g/mol. The summed E-state index contributed by atoms with van der Waals surface area (Å²) in [5, 5.41) is 8.91. The van der Waals surface area contributed by atoms with E-state index in [9.17, 15) is 9.59 Å². The van der Waals surface area contributed by atoms with Crippen molar-refractivity contribution < 1.29 is 14.7 Å². The molecule has 1 N–H and O–H groups in total. The molecule has 0 bridgehead atoms. The van der Waals surface area contributed by atoms with Gasteiger partial charge in [-0.1, -0.05) is 0 Å². The van der Waals surface area contributed by atoms with Gasteiger partial charge in [0.1, 0.15) is 0 Å². The standard InChI is InChI=1S/C14H25N3O3/c1-11(2)17-10-12(9-13(17)19)14(20)16-5-3-15(4-6-16)7-8-18/h11-12,18H,3-10H2,1-2H3. The summed E-state index contributed by atoms with van der Waals surface area (Å²) in [5.41, 5.74) is 0. The molecule has 0 aromatic rings. The Hall–Kier alpha value is -1.14. The third-order valence-electron chi connectivity index (χ3n) is 4.23. The molecule has 2 saturated heterocycles. The molecule has 1 unspecified atom stereocenters. The second-order valence-corrected chi connectivity index (χ2v) is 5.93. The molecule has 6 nitrogen and oxygen atoms in total. The van der Waals surface area contributed by atoms with Gasteiger partial charge >= 0.3 is 0 Å². The monoisotopic (exact) mass is 283 g/mol. The third kappa shape index (κ3) is 3.30. The van der Waals surface area contributed by atoms with Crippen LogP contribution in [0.3, 0.4) is 0 Å². The highest BCUT2D eigenvalue weighted by molar-refractivity contribution is 5.89. The van der Waals surface area contributed by atoms with E-state index >= 15 is 0 Å². The van der Waals surface area contributed by atoms with Gasteiger partial charge in [-0.3, -0.25) is 14.5 Å². The number of carbonyl (C=O) groups is 2. The largest absolute Gasteiger partial charge is 0.395 e. The Balaban J connectivity index is 1.86. The van der Waals surface area contributed by atoms with Crippen molar-refractivity contribution in [1.82, 2.24) is 14.7 Å². The van der Waals surface area contributed by atoms with E-state index in [4.69, 9.17) is 5.11 Å². The first-order valence-electron chi connectivity index (χ1n) is 7.44. The Morgan fingerprint density at radius 1 is 1.30 bits per heavy atom. The first kappa shape index (κ1) is 15.3. The molecule has 0 radical (unpaired) electrons. The van der Waals surface area contributed by atoms with Crippen molar-refractivity contribution in [3.63, 3.8) is 0 Å². The molecule has 2 aliphatic rings. The summed E-state index contributed by atoms with van der Waals surface area (Å²) in [6, 6.07) is 0.168. The number of piperazine rings is 1. The molecule has 6 heteroatoms. The van der Waals surface area contributed by atoms with Crippen molar-refractivity contribution >= 4 is 11.8 Å². The predicted molar refractivity (Wildman–Crippen MR) is 75.1 cm³/mol. The summed E-state index contributed by atoms with van der Waals surface area (Å²) in [6.45, 7) is 8.38. The molecule has 2 rings (SSSR count). The Bertz CT molecular complexity index is 365. The van der Waals surface area contributed by atoms with Crippen LogP contribution in [-0.4, -0.2) is 83.5 Å². The van der Waals surface area contributed by atoms with Crippen LogP contribution in [0.15, 0.2) is 0 Å². The van der Waals surface area contributed by atoms with Gasteiger partial charge in [-0.2, -0.15) is 0 Å². The Labute approximate surface area is 120 Å². The van der Waals surface area contributed by atoms with Crippen molar-refractivity contribution in [2.45, 2.75) is 26.3 Å². The van der Waals surface area contributed by atoms with E-state index < -0.39 is 0 Å². The van der Waals surface area contributed by atoms with Gasteiger partial charge in [-0.15, -0.1) is 0 Å². The van der Waals surface area contributed by atoms with Crippen LogP contribution in [0.5, 0.6) is 0 Å². The van der Waals surface area contributed by atoms with Gasteiger partial charge < -0.3 is 14.9 Å². The lowest BCUT2D eigenvalue weighted by Gasteiger charge is -2.35. The van der Waals surface area contributed by atoms with Crippen LogP contribution in [0.4, 0.5) is 0 Å². The summed E-state index contributed by atoms with van der Waals surface area (Å²) in [4.78, 5) is 30.2. The number of hydrogen-bond donors (Lipinski definition) is 1. The highest BCUT2D eigenvalue weighted by atomic mass is 16.3. The van der Waals surface area contributed by atoms with Gasteiger partial charge in [0.05, 0.1) is 12.5 Å². The lowest BCUT2D eigenvalue weighted by Crippen LogP contribution is -2.51. The maximum atomic E-state index is 12.5. The fraction of sp³-hybridized carbons (Fsp3) is 0.857. The maximum Gasteiger partial charge on any atom is 0.228 e. The molecular weight excluding hydrogens is 258 g/mol. The molecule has 2 heterocycles. The number of aliphatic hydroxyl groups excluding tert-OH is 1. The topological polar surface area (TPSA) is 64.1 Å². The van der Waals surface area contributed by atoms with Gasteiger partial charge in [0.2, 0.25) is 11.8 Å². The number of carbonyl (C=O) groups excluding carboxylic acids is 2. The molecule has 0 aromatic heterocycles. The molecule has 2 amide bonds. The van der Waals surface area contributed by atoms with Crippen LogP contribution in [0.1, 0.15) is 20.3 Å². The van der Waals surface area contributed by atoms with Crippen LogP contribution in [0.25, 0.3) is 0 Å². The highest BCUT2D eigenvalue weighted by Crippen LogP contribution is 2.22. The fourth-order valence-corrected chi connectivity index (χ4v) is 2.99.